The molecular weight excluding hydrogens is 319 g/mol. The third-order valence-corrected chi connectivity index (χ3v) is 5.53. The molecule has 0 aromatic heterocycles. The van der Waals surface area contributed by atoms with Gasteiger partial charge in [0.05, 0.1) is 0 Å². The highest BCUT2D eigenvalue weighted by Crippen LogP contribution is 2.37. The smallest absolute Gasteiger partial charge is 0.124 e. The topological polar surface area (TPSA) is 29.3 Å². The molecule has 0 saturated carbocycles. The van der Waals surface area contributed by atoms with E-state index in [-0.39, 0.29) is 11.9 Å². The molecule has 1 saturated heterocycles. The Hall–Kier alpha value is -0.450. The Morgan fingerprint density at radius 1 is 1.40 bits per heavy atom. The van der Waals surface area contributed by atoms with Gasteiger partial charge in [0.25, 0.3) is 0 Å². The number of rotatable bonds is 4. The lowest BCUT2D eigenvalue weighted by Gasteiger charge is -2.42. The van der Waals surface area contributed by atoms with Crippen LogP contribution >= 0.6 is 15.9 Å². The van der Waals surface area contributed by atoms with Gasteiger partial charge in [-0.3, -0.25) is 4.90 Å². The van der Waals surface area contributed by atoms with Crippen molar-refractivity contribution in [2.75, 3.05) is 19.6 Å². The normalized spacial score (nSPS) is 20.9. The first-order chi connectivity index (χ1) is 9.49. The molecule has 2 rings (SSSR count). The molecule has 2 N–H and O–H groups in total. The van der Waals surface area contributed by atoms with Crippen molar-refractivity contribution in [1.29, 1.82) is 0 Å². The molecule has 0 amide bonds. The lowest BCUT2D eigenvalue weighted by Crippen LogP contribution is -2.42. The highest BCUT2D eigenvalue weighted by atomic mass is 79.9. The molecular formula is C16H24BrFN2. The van der Waals surface area contributed by atoms with Crippen molar-refractivity contribution in [3.63, 3.8) is 0 Å². The summed E-state index contributed by atoms with van der Waals surface area (Å²) in [6, 6.07) is 5.07. The zero-order chi connectivity index (χ0) is 14.8. The standard InChI is InChI=1S/C16H24BrFN2/c1-3-16(2)6-8-20(9-7-16)15(11-19)13-5-4-12(18)10-14(13)17/h4-5,10,15H,3,6-9,11,19H2,1-2H3. The van der Waals surface area contributed by atoms with E-state index in [1.165, 1.54) is 31.4 Å². The van der Waals surface area contributed by atoms with Gasteiger partial charge in [-0.15, -0.1) is 0 Å². The van der Waals surface area contributed by atoms with Gasteiger partial charge >= 0.3 is 0 Å². The van der Waals surface area contributed by atoms with Crippen LogP contribution in [0.4, 0.5) is 4.39 Å². The number of benzene rings is 1. The van der Waals surface area contributed by atoms with Crippen molar-refractivity contribution < 1.29 is 4.39 Å². The van der Waals surface area contributed by atoms with Gasteiger partial charge in [0, 0.05) is 17.1 Å². The SMILES string of the molecule is CCC1(C)CCN(C(CN)c2ccc(F)cc2Br)CC1. The van der Waals surface area contributed by atoms with Gasteiger partial charge in [0.1, 0.15) is 5.82 Å². The number of piperidine rings is 1. The Kier molecular flexibility index (Phi) is 5.21. The van der Waals surface area contributed by atoms with Crippen LogP contribution in [0.3, 0.4) is 0 Å². The summed E-state index contributed by atoms with van der Waals surface area (Å²) in [5.74, 6) is -0.214. The van der Waals surface area contributed by atoms with E-state index in [9.17, 15) is 4.39 Å². The van der Waals surface area contributed by atoms with Crippen molar-refractivity contribution in [2.24, 2.45) is 11.1 Å². The zero-order valence-corrected chi connectivity index (χ0v) is 13.9. The Morgan fingerprint density at radius 3 is 2.55 bits per heavy atom. The molecule has 20 heavy (non-hydrogen) atoms. The van der Waals surface area contributed by atoms with Gasteiger partial charge in [-0.1, -0.05) is 42.3 Å². The molecule has 1 unspecified atom stereocenters. The lowest BCUT2D eigenvalue weighted by atomic mass is 9.78. The molecule has 1 aromatic carbocycles. The second kappa shape index (κ2) is 6.54. The molecule has 0 spiro atoms. The van der Waals surface area contributed by atoms with Crippen LogP contribution in [-0.4, -0.2) is 24.5 Å². The molecule has 4 heteroatoms. The van der Waals surface area contributed by atoms with E-state index in [1.807, 2.05) is 6.07 Å². The number of likely N-dealkylation sites (tertiary alicyclic amines) is 1. The van der Waals surface area contributed by atoms with Gasteiger partial charge < -0.3 is 5.73 Å². The van der Waals surface area contributed by atoms with Gasteiger partial charge in [-0.05, 0) is 49.0 Å². The Balaban J connectivity index is 2.13. The fourth-order valence-electron chi connectivity index (χ4n) is 2.97. The minimum absolute atomic E-state index is 0.173. The first-order valence-electron chi connectivity index (χ1n) is 7.38. The first kappa shape index (κ1) is 15.9. The molecule has 0 radical (unpaired) electrons. The maximum atomic E-state index is 13.2. The maximum absolute atomic E-state index is 13.2. The second-order valence-electron chi connectivity index (χ2n) is 6.12. The third kappa shape index (κ3) is 3.41. The predicted molar refractivity (Wildman–Crippen MR) is 85.1 cm³/mol. The molecule has 2 nitrogen and oxygen atoms in total. The largest absolute Gasteiger partial charge is 0.329 e. The Bertz CT molecular complexity index is 456. The molecule has 1 fully saturated rings. The molecule has 1 atom stereocenters. The van der Waals surface area contributed by atoms with E-state index in [0.29, 0.717) is 12.0 Å². The summed E-state index contributed by atoms with van der Waals surface area (Å²) in [5, 5.41) is 0. The monoisotopic (exact) mass is 342 g/mol. The van der Waals surface area contributed by atoms with E-state index in [1.54, 1.807) is 0 Å². The van der Waals surface area contributed by atoms with Crippen LogP contribution < -0.4 is 5.73 Å². The minimum Gasteiger partial charge on any atom is -0.329 e. The molecule has 1 aliphatic heterocycles. The Morgan fingerprint density at radius 2 is 2.05 bits per heavy atom. The zero-order valence-electron chi connectivity index (χ0n) is 12.3. The lowest BCUT2D eigenvalue weighted by molar-refractivity contribution is 0.0826. The third-order valence-electron chi connectivity index (χ3n) is 4.84. The van der Waals surface area contributed by atoms with Crippen molar-refractivity contribution >= 4 is 15.9 Å². The van der Waals surface area contributed by atoms with Crippen LogP contribution in [0.15, 0.2) is 22.7 Å². The number of nitrogens with zero attached hydrogens (tertiary/aromatic N) is 1. The molecule has 0 bridgehead atoms. The average Bonchev–Trinajstić information content (AvgIpc) is 2.44. The predicted octanol–water partition coefficient (Wildman–Crippen LogP) is 4.10. The highest BCUT2D eigenvalue weighted by Gasteiger charge is 2.32. The summed E-state index contributed by atoms with van der Waals surface area (Å²) in [7, 11) is 0. The molecule has 1 aliphatic rings. The van der Waals surface area contributed by atoms with Crippen molar-refractivity contribution in [1.82, 2.24) is 4.90 Å². The van der Waals surface area contributed by atoms with Crippen LogP contribution in [-0.2, 0) is 0 Å². The first-order valence-corrected chi connectivity index (χ1v) is 8.17. The van der Waals surface area contributed by atoms with Crippen LogP contribution in [0.5, 0.6) is 0 Å². The highest BCUT2D eigenvalue weighted by molar-refractivity contribution is 9.10. The molecule has 1 aromatic rings. The van der Waals surface area contributed by atoms with Gasteiger partial charge in [-0.2, -0.15) is 0 Å². The number of hydrogen-bond donors (Lipinski definition) is 1. The summed E-state index contributed by atoms with van der Waals surface area (Å²) in [6.07, 6.45) is 3.64. The summed E-state index contributed by atoms with van der Waals surface area (Å²) in [5.41, 5.74) is 7.55. The summed E-state index contributed by atoms with van der Waals surface area (Å²) < 4.78 is 14.0. The number of hydrogen-bond acceptors (Lipinski definition) is 2. The van der Waals surface area contributed by atoms with Crippen LogP contribution in [0.1, 0.15) is 44.7 Å². The summed E-state index contributed by atoms with van der Waals surface area (Å²) >= 11 is 3.47. The number of halogens is 2. The fourth-order valence-corrected chi connectivity index (χ4v) is 3.59. The second-order valence-corrected chi connectivity index (χ2v) is 6.97. The van der Waals surface area contributed by atoms with Crippen molar-refractivity contribution in [3.8, 4) is 0 Å². The number of nitrogens with two attached hydrogens (primary N) is 1. The van der Waals surface area contributed by atoms with Crippen LogP contribution in [0.25, 0.3) is 0 Å². The molecule has 0 aliphatic carbocycles. The average molecular weight is 343 g/mol. The minimum atomic E-state index is -0.214. The molecule has 1 heterocycles. The van der Waals surface area contributed by atoms with Crippen LogP contribution in [0, 0.1) is 11.2 Å². The van der Waals surface area contributed by atoms with Gasteiger partial charge in [0.2, 0.25) is 0 Å². The van der Waals surface area contributed by atoms with E-state index >= 15 is 0 Å². The molecule has 112 valence electrons. The van der Waals surface area contributed by atoms with Crippen LogP contribution in [0.2, 0.25) is 0 Å². The summed E-state index contributed by atoms with van der Waals surface area (Å²) in [4.78, 5) is 2.44. The Labute approximate surface area is 129 Å². The van der Waals surface area contributed by atoms with Gasteiger partial charge in [-0.25, -0.2) is 4.39 Å². The summed E-state index contributed by atoms with van der Waals surface area (Å²) in [6.45, 7) is 7.33. The van der Waals surface area contributed by atoms with Crippen molar-refractivity contribution in [3.05, 3.63) is 34.1 Å². The van der Waals surface area contributed by atoms with Crippen molar-refractivity contribution in [2.45, 2.75) is 39.2 Å². The van der Waals surface area contributed by atoms with E-state index in [2.05, 4.69) is 34.7 Å². The van der Waals surface area contributed by atoms with E-state index in [4.69, 9.17) is 5.73 Å². The van der Waals surface area contributed by atoms with E-state index in [0.717, 1.165) is 23.1 Å². The fraction of sp³-hybridized carbons (Fsp3) is 0.625. The quantitative estimate of drug-likeness (QED) is 0.892. The van der Waals surface area contributed by atoms with E-state index < -0.39 is 0 Å². The van der Waals surface area contributed by atoms with Gasteiger partial charge in [0.15, 0.2) is 0 Å². The maximum Gasteiger partial charge on any atom is 0.124 e.